The van der Waals surface area contributed by atoms with Crippen LogP contribution in [-0.4, -0.2) is 53.7 Å². The molecule has 1 fully saturated rings. The third kappa shape index (κ3) is 2.42. The van der Waals surface area contributed by atoms with E-state index in [4.69, 9.17) is 5.11 Å². The number of carboxylic acids is 1. The Balaban J connectivity index is 2.22. The minimum Gasteiger partial charge on any atom is -0.477 e. The average Bonchev–Trinajstić information content (AvgIpc) is 2.60. The zero-order valence-electron chi connectivity index (χ0n) is 10.3. The first-order valence-electron chi connectivity index (χ1n) is 5.65. The van der Waals surface area contributed by atoms with Crippen LogP contribution >= 0.6 is 11.3 Å². The lowest BCUT2D eigenvalue weighted by Crippen LogP contribution is -2.50. The molecule has 17 heavy (non-hydrogen) atoms. The zero-order chi connectivity index (χ0) is 12.6. The van der Waals surface area contributed by atoms with Crippen molar-refractivity contribution < 1.29 is 9.90 Å². The SMILES string of the molecule is Cc1nc(N2CCN(C)CC2C)sc1C(=O)O. The van der Waals surface area contributed by atoms with E-state index < -0.39 is 5.97 Å². The molecule has 1 aliphatic rings. The number of carboxylic acid groups (broad SMARTS) is 1. The Kier molecular flexibility index (Phi) is 3.35. The van der Waals surface area contributed by atoms with Crippen molar-refractivity contribution in [1.29, 1.82) is 0 Å². The van der Waals surface area contributed by atoms with Gasteiger partial charge in [0.1, 0.15) is 4.88 Å². The maximum absolute atomic E-state index is 11.0. The van der Waals surface area contributed by atoms with Gasteiger partial charge in [0.05, 0.1) is 5.69 Å². The fraction of sp³-hybridized carbons (Fsp3) is 0.636. The van der Waals surface area contributed by atoms with E-state index in [1.807, 2.05) is 0 Å². The van der Waals surface area contributed by atoms with Crippen molar-refractivity contribution in [3.8, 4) is 0 Å². The van der Waals surface area contributed by atoms with Gasteiger partial charge in [0.15, 0.2) is 5.13 Å². The number of hydrogen-bond acceptors (Lipinski definition) is 5. The van der Waals surface area contributed by atoms with E-state index in [1.54, 1.807) is 6.92 Å². The smallest absolute Gasteiger partial charge is 0.347 e. The Labute approximate surface area is 105 Å². The molecule has 0 amide bonds. The lowest BCUT2D eigenvalue weighted by Gasteiger charge is -2.38. The molecule has 1 atom stereocenters. The average molecular weight is 255 g/mol. The van der Waals surface area contributed by atoms with Crippen molar-refractivity contribution in [3.05, 3.63) is 10.6 Å². The van der Waals surface area contributed by atoms with E-state index in [0.29, 0.717) is 16.6 Å². The number of piperazine rings is 1. The number of thiazole rings is 1. The third-order valence-electron chi connectivity index (χ3n) is 3.06. The predicted octanol–water partition coefficient (Wildman–Crippen LogP) is 1.29. The Morgan fingerprint density at radius 2 is 2.24 bits per heavy atom. The van der Waals surface area contributed by atoms with Gasteiger partial charge in [-0.3, -0.25) is 0 Å². The summed E-state index contributed by atoms with van der Waals surface area (Å²) in [4.78, 5) is 20.2. The summed E-state index contributed by atoms with van der Waals surface area (Å²) in [6.07, 6.45) is 0. The molecule has 0 spiro atoms. The second-order valence-corrected chi connectivity index (χ2v) is 5.50. The van der Waals surface area contributed by atoms with Crippen molar-refractivity contribution in [2.24, 2.45) is 0 Å². The molecule has 1 aromatic heterocycles. The molecule has 6 heteroatoms. The number of carbonyl (C=O) groups is 1. The number of likely N-dealkylation sites (N-methyl/N-ethyl adjacent to an activating group) is 1. The fourth-order valence-corrected chi connectivity index (χ4v) is 3.16. The molecule has 1 aliphatic heterocycles. The number of aromatic carboxylic acids is 1. The minimum absolute atomic E-state index is 0.353. The molecule has 1 unspecified atom stereocenters. The third-order valence-corrected chi connectivity index (χ3v) is 4.24. The summed E-state index contributed by atoms with van der Waals surface area (Å²) in [5.41, 5.74) is 0.614. The number of anilines is 1. The number of rotatable bonds is 2. The van der Waals surface area contributed by atoms with Gasteiger partial charge in [-0.05, 0) is 20.9 Å². The van der Waals surface area contributed by atoms with Gasteiger partial charge in [-0.15, -0.1) is 0 Å². The largest absolute Gasteiger partial charge is 0.477 e. The van der Waals surface area contributed by atoms with Gasteiger partial charge in [-0.2, -0.15) is 0 Å². The molecule has 5 nitrogen and oxygen atoms in total. The van der Waals surface area contributed by atoms with Gasteiger partial charge in [0, 0.05) is 25.7 Å². The Hall–Kier alpha value is -1.14. The molecular formula is C11H17N3O2S. The highest BCUT2D eigenvalue weighted by Gasteiger charge is 2.25. The first-order valence-corrected chi connectivity index (χ1v) is 6.46. The van der Waals surface area contributed by atoms with Gasteiger partial charge in [0.25, 0.3) is 0 Å². The maximum Gasteiger partial charge on any atom is 0.347 e. The van der Waals surface area contributed by atoms with Crippen LogP contribution in [0.2, 0.25) is 0 Å². The summed E-state index contributed by atoms with van der Waals surface area (Å²) in [5, 5.41) is 9.86. The molecule has 94 valence electrons. The normalized spacial score (nSPS) is 21.8. The lowest BCUT2D eigenvalue weighted by molar-refractivity contribution is 0.0701. The molecule has 0 radical (unpaired) electrons. The van der Waals surface area contributed by atoms with E-state index in [2.05, 4.69) is 28.8 Å². The van der Waals surface area contributed by atoms with Crippen LogP contribution < -0.4 is 4.90 Å². The van der Waals surface area contributed by atoms with E-state index in [-0.39, 0.29) is 0 Å². The van der Waals surface area contributed by atoms with Crippen LogP contribution in [0.15, 0.2) is 0 Å². The standard InChI is InChI=1S/C11H17N3O2S/c1-7-6-13(3)4-5-14(7)11-12-8(2)9(17-11)10(15)16/h7H,4-6H2,1-3H3,(H,15,16). The Morgan fingerprint density at radius 1 is 1.53 bits per heavy atom. The maximum atomic E-state index is 11.0. The molecule has 2 heterocycles. The Bertz CT molecular complexity index is 432. The van der Waals surface area contributed by atoms with Crippen LogP contribution in [0.4, 0.5) is 5.13 Å². The molecule has 1 saturated heterocycles. The van der Waals surface area contributed by atoms with Crippen LogP contribution in [0.3, 0.4) is 0 Å². The van der Waals surface area contributed by atoms with Crippen LogP contribution in [0, 0.1) is 6.92 Å². The quantitative estimate of drug-likeness (QED) is 0.863. The monoisotopic (exact) mass is 255 g/mol. The number of aromatic nitrogens is 1. The molecular weight excluding hydrogens is 238 g/mol. The van der Waals surface area contributed by atoms with Crippen LogP contribution in [-0.2, 0) is 0 Å². The molecule has 1 aromatic rings. The summed E-state index contributed by atoms with van der Waals surface area (Å²) in [6.45, 7) is 6.78. The molecule has 1 N–H and O–H groups in total. The highest BCUT2D eigenvalue weighted by molar-refractivity contribution is 7.17. The first-order chi connectivity index (χ1) is 7.99. The van der Waals surface area contributed by atoms with E-state index >= 15 is 0 Å². The van der Waals surface area contributed by atoms with Crippen molar-refractivity contribution in [2.45, 2.75) is 19.9 Å². The summed E-state index contributed by atoms with van der Waals surface area (Å²) >= 11 is 1.28. The van der Waals surface area contributed by atoms with E-state index in [0.717, 1.165) is 24.8 Å². The van der Waals surface area contributed by atoms with Gasteiger partial charge in [0.2, 0.25) is 0 Å². The van der Waals surface area contributed by atoms with Gasteiger partial charge < -0.3 is 14.9 Å². The number of nitrogens with zero attached hydrogens (tertiary/aromatic N) is 3. The summed E-state index contributed by atoms with van der Waals surface area (Å²) in [6, 6.07) is 0.376. The molecule has 0 aromatic carbocycles. The summed E-state index contributed by atoms with van der Waals surface area (Å²) < 4.78 is 0. The van der Waals surface area contributed by atoms with Crippen LogP contribution in [0.25, 0.3) is 0 Å². The summed E-state index contributed by atoms with van der Waals surface area (Å²) in [5.74, 6) is -0.881. The highest BCUT2D eigenvalue weighted by Crippen LogP contribution is 2.28. The van der Waals surface area contributed by atoms with E-state index in [1.165, 1.54) is 11.3 Å². The summed E-state index contributed by atoms with van der Waals surface area (Å²) in [7, 11) is 2.10. The van der Waals surface area contributed by atoms with Gasteiger partial charge in [-0.1, -0.05) is 11.3 Å². The van der Waals surface area contributed by atoms with Crippen molar-refractivity contribution in [3.63, 3.8) is 0 Å². The topological polar surface area (TPSA) is 56.7 Å². The van der Waals surface area contributed by atoms with Crippen molar-refractivity contribution in [2.75, 3.05) is 31.6 Å². The molecule has 0 aliphatic carbocycles. The van der Waals surface area contributed by atoms with Gasteiger partial charge in [-0.25, -0.2) is 9.78 Å². The van der Waals surface area contributed by atoms with Crippen molar-refractivity contribution in [1.82, 2.24) is 9.88 Å². The van der Waals surface area contributed by atoms with Gasteiger partial charge >= 0.3 is 5.97 Å². The minimum atomic E-state index is -0.881. The number of aryl methyl sites for hydroxylation is 1. The second-order valence-electron chi connectivity index (χ2n) is 4.52. The fourth-order valence-electron chi connectivity index (χ4n) is 2.13. The van der Waals surface area contributed by atoms with Crippen LogP contribution in [0.1, 0.15) is 22.3 Å². The molecule has 0 bridgehead atoms. The lowest BCUT2D eigenvalue weighted by atomic mass is 10.2. The predicted molar refractivity (Wildman–Crippen MR) is 68.1 cm³/mol. The van der Waals surface area contributed by atoms with Crippen LogP contribution in [0.5, 0.6) is 0 Å². The van der Waals surface area contributed by atoms with E-state index in [9.17, 15) is 4.79 Å². The first kappa shape index (κ1) is 12.3. The number of hydrogen-bond donors (Lipinski definition) is 1. The Morgan fingerprint density at radius 3 is 2.76 bits per heavy atom. The second kappa shape index (κ2) is 4.62. The highest BCUT2D eigenvalue weighted by atomic mass is 32.1. The van der Waals surface area contributed by atoms with Crippen molar-refractivity contribution >= 4 is 22.4 Å². The molecule has 0 saturated carbocycles. The molecule has 2 rings (SSSR count). The zero-order valence-corrected chi connectivity index (χ0v) is 11.1.